The Labute approximate surface area is 182 Å². The first-order chi connectivity index (χ1) is 14.6. The molecule has 1 aliphatic heterocycles. The topological polar surface area (TPSA) is 57.4 Å². The van der Waals surface area contributed by atoms with Crippen molar-refractivity contribution in [3.05, 3.63) is 53.3 Å². The van der Waals surface area contributed by atoms with E-state index in [4.69, 9.17) is 23.7 Å². The van der Waals surface area contributed by atoms with Gasteiger partial charge in [-0.2, -0.15) is 0 Å². The maximum Gasteiger partial charge on any atom is 0.494 e. The third kappa shape index (κ3) is 3.17. The molecule has 0 spiro atoms. The summed E-state index contributed by atoms with van der Waals surface area (Å²) in [5.74, 6) is 0.741. The molecule has 0 radical (unpaired) electrons. The van der Waals surface area contributed by atoms with E-state index < -0.39 is 7.12 Å². The van der Waals surface area contributed by atoms with Gasteiger partial charge >= 0.3 is 7.12 Å². The number of hydrogen-bond acceptors (Lipinski definition) is 5. The van der Waals surface area contributed by atoms with Crippen LogP contribution in [0.5, 0.6) is 0 Å². The van der Waals surface area contributed by atoms with Crippen molar-refractivity contribution in [2.45, 2.75) is 59.7 Å². The summed E-state index contributed by atoms with van der Waals surface area (Å²) in [6.45, 7) is 14.3. The van der Waals surface area contributed by atoms with E-state index in [1.165, 1.54) is 0 Å². The van der Waals surface area contributed by atoms with Gasteiger partial charge in [0.15, 0.2) is 5.82 Å². The molecule has 1 fully saturated rings. The standard InChI is InChI=1S/C25H27BN2O3/c1-14-15(2)27-23(28-16(14)3)17-8-11-21-20(12-17)19-10-9-18(13-22(19)29-21)26-30-24(4,5)25(6,7)31-26/h8-13H,1-7H3. The Balaban J connectivity index is 1.57. The van der Waals surface area contributed by atoms with E-state index in [9.17, 15) is 0 Å². The van der Waals surface area contributed by atoms with Crippen molar-refractivity contribution in [2.75, 3.05) is 0 Å². The van der Waals surface area contributed by atoms with E-state index >= 15 is 0 Å². The molecule has 0 aliphatic carbocycles. The van der Waals surface area contributed by atoms with E-state index in [1.807, 2.05) is 32.0 Å². The number of aryl methyl sites for hydroxylation is 2. The first-order valence-corrected chi connectivity index (χ1v) is 10.7. The highest BCUT2D eigenvalue weighted by Crippen LogP contribution is 2.37. The zero-order chi connectivity index (χ0) is 22.1. The van der Waals surface area contributed by atoms with Crippen LogP contribution in [-0.2, 0) is 9.31 Å². The third-order valence-corrected chi connectivity index (χ3v) is 6.91. The summed E-state index contributed by atoms with van der Waals surface area (Å²) < 4.78 is 18.6. The van der Waals surface area contributed by atoms with E-state index in [-0.39, 0.29) is 11.2 Å². The Hall–Kier alpha value is -2.70. The molecule has 1 saturated heterocycles. The van der Waals surface area contributed by atoms with Crippen molar-refractivity contribution in [3.63, 3.8) is 0 Å². The summed E-state index contributed by atoms with van der Waals surface area (Å²) in [5, 5.41) is 2.10. The lowest BCUT2D eigenvalue weighted by molar-refractivity contribution is 0.00578. The SMILES string of the molecule is Cc1nc(-c2ccc3oc4cc(B5OC(C)(C)C(C)(C)O5)ccc4c3c2)nc(C)c1C. The minimum atomic E-state index is -0.412. The molecule has 31 heavy (non-hydrogen) atoms. The maximum absolute atomic E-state index is 6.20. The monoisotopic (exact) mass is 414 g/mol. The highest BCUT2D eigenvalue weighted by molar-refractivity contribution is 6.62. The van der Waals surface area contributed by atoms with Crippen LogP contribution in [0.2, 0.25) is 0 Å². The molecule has 0 bridgehead atoms. The Morgan fingerprint density at radius 2 is 1.39 bits per heavy atom. The summed E-state index contributed by atoms with van der Waals surface area (Å²) in [5.41, 5.74) is 5.99. The summed E-state index contributed by atoms with van der Waals surface area (Å²) in [7, 11) is -0.412. The molecule has 0 saturated carbocycles. The molecule has 5 nitrogen and oxygen atoms in total. The van der Waals surface area contributed by atoms with E-state index in [2.05, 4.69) is 52.8 Å². The molecule has 158 valence electrons. The predicted octanol–water partition coefficient (Wildman–Crippen LogP) is 5.27. The number of nitrogens with zero attached hydrogens (tertiary/aromatic N) is 2. The van der Waals surface area contributed by atoms with Gasteiger partial charge in [-0.25, -0.2) is 9.97 Å². The molecule has 4 aromatic rings. The van der Waals surface area contributed by atoms with Crippen molar-refractivity contribution in [1.82, 2.24) is 9.97 Å². The summed E-state index contributed by atoms with van der Waals surface area (Å²) in [6, 6.07) is 12.3. The fraction of sp³-hybridized carbons (Fsp3) is 0.360. The first-order valence-electron chi connectivity index (χ1n) is 10.7. The van der Waals surface area contributed by atoms with Crippen LogP contribution >= 0.6 is 0 Å². The van der Waals surface area contributed by atoms with Crippen LogP contribution in [0.1, 0.15) is 44.6 Å². The molecule has 1 aliphatic rings. The molecule has 0 unspecified atom stereocenters. The van der Waals surface area contributed by atoms with Gasteiger partial charge in [0.1, 0.15) is 11.2 Å². The second-order valence-corrected chi connectivity index (χ2v) is 9.50. The van der Waals surface area contributed by atoms with Crippen molar-refractivity contribution >= 4 is 34.5 Å². The van der Waals surface area contributed by atoms with E-state index in [0.29, 0.717) is 0 Å². The highest BCUT2D eigenvalue weighted by Gasteiger charge is 2.51. The quantitative estimate of drug-likeness (QED) is 0.419. The highest BCUT2D eigenvalue weighted by atomic mass is 16.7. The normalized spacial score (nSPS) is 17.7. The fourth-order valence-corrected chi connectivity index (χ4v) is 3.96. The van der Waals surface area contributed by atoms with Crippen LogP contribution in [0.15, 0.2) is 40.8 Å². The summed E-state index contributed by atoms with van der Waals surface area (Å²) in [4.78, 5) is 9.39. The lowest BCUT2D eigenvalue weighted by atomic mass is 9.79. The van der Waals surface area contributed by atoms with Gasteiger partial charge in [0.2, 0.25) is 0 Å². The Kier molecular flexibility index (Phi) is 4.34. The largest absolute Gasteiger partial charge is 0.494 e. The van der Waals surface area contributed by atoms with Gasteiger partial charge in [0.05, 0.1) is 11.2 Å². The van der Waals surface area contributed by atoms with Crippen molar-refractivity contribution < 1.29 is 13.7 Å². The number of furan rings is 1. The van der Waals surface area contributed by atoms with Gasteiger partial charge in [-0.1, -0.05) is 12.1 Å². The molecule has 0 N–H and O–H groups in total. The first kappa shape index (κ1) is 20.2. The van der Waals surface area contributed by atoms with Crippen LogP contribution in [0, 0.1) is 20.8 Å². The lowest BCUT2D eigenvalue weighted by Gasteiger charge is -2.32. The van der Waals surface area contributed by atoms with Gasteiger partial charge in [0, 0.05) is 27.7 Å². The predicted molar refractivity (Wildman–Crippen MR) is 125 cm³/mol. The smallest absolute Gasteiger partial charge is 0.456 e. The van der Waals surface area contributed by atoms with Crippen molar-refractivity contribution in [1.29, 1.82) is 0 Å². The second kappa shape index (κ2) is 6.65. The second-order valence-electron chi connectivity index (χ2n) is 9.50. The maximum atomic E-state index is 6.20. The van der Waals surface area contributed by atoms with Crippen LogP contribution in [0.4, 0.5) is 0 Å². The molecular formula is C25H27BN2O3. The molecule has 3 heterocycles. The Bertz CT molecular complexity index is 1300. The van der Waals surface area contributed by atoms with Gasteiger partial charge < -0.3 is 13.7 Å². The van der Waals surface area contributed by atoms with Gasteiger partial charge in [-0.05, 0) is 83.8 Å². The molecule has 0 atom stereocenters. The van der Waals surface area contributed by atoms with Crippen LogP contribution < -0.4 is 5.46 Å². The lowest BCUT2D eigenvalue weighted by Crippen LogP contribution is -2.41. The molecule has 5 rings (SSSR count). The number of rotatable bonds is 2. The minimum absolute atomic E-state index is 0.375. The number of hydrogen-bond donors (Lipinski definition) is 0. The summed E-state index contributed by atoms with van der Waals surface area (Å²) >= 11 is 0. The number of aromatic nitrogens is 2. The average molecular weight is 414 g/mol. The fourth-order valence-electron chi connectivity index (χ4n) is 3.96. The third-order valence-electron chi connectivity index (χ3n) is 6.91. The minimum Gasteiger partial charge on any atom is -0.456 e. The molecule has 0 amide bonds. The average Bonchev–Trinajstić information content (AvgIpc) is 3.17. The van der Waals surface area contributed by atoms with Crippen molar-refractivity contribution in [3.8, 4) is 11.4 Å². The zero-order valence-electron chi connectivity index (χ0n) is 19.2. The zero-order valence-corrected chi connectivity index (χ0v) is 19.2. The summed E-state index contributed by atoms with van der Waals surface area (Å²) in [6.07, 6.45) is 0. The Morgan fingerprint density at radius 3 is 2.03 bits per heavy atom. The van der Waals surface area contributed by atoms with Crippen LogP contribution in [0.3, 0.4) is 0 Å². The molecule has 2 aromatic carbocycles. The van der Waals surface area contributed by atoms with Crippen LogP contribution in [0.25, 0.3) is 33.3 Å². The van der Waals surface area contributed by atoms with Crippen LogP contribution in [-0.4, -0.2) is 28.3 Å². The molecule has 6 heteroatoms. The Morgan fingerprint density at radius 1 is 0.742 bits per heavy atom. The van der Waals surface area contributed by atoms with Gasteiger partial charge in [0.25, 0.3) is 0 Å². The van der Waals surface area contributed by atoms with Gasteiger partial charge in [-0.15, -0.1) is 0 Å². The molecular weight excluding hydrogens is 387 g/mol. The van der Waals surface area contributed by atoms with E-state index in [1.54, 1.807) is 0 Å². The van der Waals surface area contributed by atoms with E-state index in [0.717, 1.165) is 55.7 Å². The number of fused-ring (bicyclic) bond motifs is 3. The molecule has 2 aromatic heterocycles. The van der Waals surface area contributed by atoms with Crippen molar-refractivity contribution in [2.24, 2.45) is 0 Å². The van der Waals surface area contributed by atoms with Gasteiger partial charge in [-0.3, -0.25) is 0 Å². The number of benzene rings is 2.